The molecule has 1 saturated heterocycles. The van der Waals surface area contributed by atoms with Crippen LogP contribution in [0.2, 0.25) is 0 Å². The fourth-order valence-corrected chi connectivity index (χ4v) is 1.60. The Morgan fingerprint density at radius 3 is 2.67 bits per heavy atom. The lowest BCUT2D eigenvalue weighted by atomic mass is 10.4. The molecule has 0 aliphatic carbocycles. The first-order valence-corrected chi connectivity index (χ1v) is 3.41. The summed E-state index contributed by atoms with van der Waals surface area (Å²) in [6, 6.07) is 0. The van der Waals surface area contributed by atoms with Crippen molar-refractivity contribution in [2.45, 2.75) is 12.8 Å². The molecule has 0 atom stereocenters. The predicted octanol–water partition coefficient (Wildman–Crippen LogP) is 0.955. The highest BCUT2D eigenvalue weighted by Crippen LogP contribution is 2.17. The van der Waals surface area contributed by atoms with Crippen LogP contribution in [0.4, 0.5) is 0 Å². The molecule has 0 aromatic rings. The Balaban J connectivity index is 2.37. The Morgan fingerprint density at radius 1 is 1.67 bits per heavy atom. The molecule has 1 N–H and O–H groups in total. The zero-order chi connectivity index (χ0) is 4.41. The van der Waals surface area contributed by atoms with Gasteiger partial charge in [0.1, 0.15) is 0 Å². The van der Waals surface area contributed by atoms with Gasteiger partial charge in [0, 0.05) is 5.04 Å². The van der Waals surface area contributed by atoms with E-state index in [0.29, 0.717) is 0 Å². The summed E-state index contributed by atoms with van der Waals surface area (Å²) in [4.78, 5) is 0. The van der Waals surface area contributed by atoms with Crippen molar-refractivity contribution < 1.29 is 0 Å². The molecule has 0 aromatic heterocycles. The molecule has 0 saturated carbocycles. The summed E-state index contributed by atoms with van der Waals surface area (Å²) in [5.41, 5.74) is 0. The highest BCUT2D eigenvalue weighted by Gasteiger charge is 2.01. The first-order chi connectivity index (χ1) is 2.89. The van der Waals surface area contributed by atoms with Crippen molar-refractivity contribution in [2.24, 2.45) is 0 Å². The first-order valence-electron chi connectivity index (χ1n) is 2.21. The Kier molecular flexibility index (Phi) is 1.15. The van der Waals surface area contributed by atoms with E-state index in [1.165, 1.54) is 12.2 Å². The summed E-state index contributed by atoms with van der Waals surface area (Å²) < 4.78 is 0. The van der Waals surface area contributed by atoms with Crippen molar-refractivity contribution in [1.29, 1.82) is 5.41 Å². The summed E-state index contributed by atoms with van der Waals surface area (Å²) in [5, 5.41) is 8.04. The molecule has 36 valence electrons. The van der Waals surface area contributed by atoms with Crippen LogP contribution >= 0.6 is 11.8 Å². The number of hydrogen-bond acceptors (Lipinski definition) is 1. The smallest absolute Gasteiger partial charge is 0.0420 e. The molecule has 1 fully saturated rings. The quantitative estimate of drug-likeness (QED) is 0.472. The van der Waals surface area contributed by atoms with E-state index in [2.05, 4.69) is 0 Å². The normalized spacial score (nSPS) is 29.0. The van der Waals surface area contributed by atoms with E-state index in [-0.39, 0.29) is 0 Å². The lowest BCUT2D eigenvalue weighted by molar-refractivity contribution is 1.04. The minimum absolute atomic E-state index is 0.866. The van der Waals surface area contributed by atoms with Crippen LogP contribution in [0.15, 0.2) is 0 Å². The largest absolute Gasteiger partial charge is 0.300 e. The number of rotatable bonds is 0. The Labute approximate surface area is 41.6 Å². The zero-order valence-corrected chi connectivity index (χ0v) is 4.62. The maximum atomic E-state index is 7.06. The van der Waals surface area contributed by atoms with Gasteiger partial charge >= 0.3 is 0 Å². The maximum Gasteiger partial charge on any atom is 0.0420 e. The Hall–Kier alpha value is 0.0200. The molecule has 2 heteroatoms. The summed E-state index contributed by atoms with van der Waals surface area (Å²) in [6.45, 7) is 0. The second kappa shape index (κ2) is 1.65. The second-order valence-corrected chi connectivity index (χ2v) is 2.97. The van der Waals surface area contributed by atoms with E-state index >= 15 is 0 Å². The SMILES string of the molecule is N=C1CCC[SH2]1. The molecule has 0 aromatic carbocycles. The Morgan fingerprint density at radius 2 is 2.50 bits per heavy atom. The average molecular weight is 103 g/mol. The average Bonchev–Trinajstić information content (AvgIpc) is 1.86. The van der Waals surface area contributed by atoms with Crippen LogP contribution in [-0.4, -0.2) is 10.8 Å². The molecule has 0 spiro atoms. The standard InChI is InChI=1S/C4H9NS/c5-4-2-1-3-6-4/h5H,1-3,6H2. The molecule has 1 aliphatic heterocycles. The van der Waals surface area contributed by atoms with Crippen LogP contribution in [0.5, 0.6) is 0 Å². The minimum Gasteiger partial charge on any atom is -0.300 e. The third-order valence-electron chi connectivity index (χ3n) is 0.942. The van der Waals surface area contributed by atoms with Crippen LogP contribution < -0.4 is 0 Å². The van der Waals surface area contributed by atoms with E-state index < -0.39 is 0 Å². The van der Waals surface area contributed by atoms with Gasteiger partial charge in [-0.25, -0.2) is 11.8 Å². The molecule has 0 unspecified atom stereocenters. The van der Waals surface area contributed by atoms with Gasteiger partial charge in [-0.15, -0.1) is 0 Å². The summed E-state index contributed by atoms with van der Waals surface area (Å²) in [6.07, 6.45) is 2.36. The van der Waals surface area contributed by atoms with Gasteiger partial charge in [0.15, 0.2) is 0 Å². The monoisotopic (exact) mass is 103 g/mol. The van der Waals surface area contributed by atoms with E-state index in [4.69, 9.17) is 5.41 Å². The molecule has 0 radical (unpaired) electrons. The Bertz CT molecular complexity index is 61.9. The van der Waals surface area contributed by atoms with Crippen molar-refractivity contribution in [1.82, 2.24) is 0 Å². The third-order valence-corrected chi connectivity index (χ3v) is 2.22. The first kappa shape index (κ1) is 4.19. The molecular formula is C4H9NS. The van der Waals surface area contributed by atoms with Gasteiger partial charge in [-0.3, -0.25) is 0 Å². The van der Waals surface area contributed by atoms with Crippen molar-refractivity contribution >= 4 is 16.8 Å². The topological polar surface area (TPSA) is 23.9 Å². The van der Waals surface area contributed by atoms with Crippen LogP contribution in [-0.2, 0) is 0 Å². The predicted molar refractivity (Wildman–Crippen MR) is 32.2 cm³/mol. The van der Waals surface area contributed by atoms with Crippen LogP contribution in [0.25, 0.3) is 0 Å². The lowest BCUT2D eigenvalue weighted by Crippen LogP contribution is -1.73. The van der Waals surface area contributed by atoms with Gasteiger partial charge in [-0.05, 0) is 18.6 Å². The van der Waals surface area contributed by atoms with Gasteiger partial charge in [0.25, 0.3) is 0 Å². The molecular weight excluding hydrogens is 94.1 g/mol. The summed E-state index contributed by atoms with van der Waals surface area (Å²) in [7, 11) is 0. The highest BCUT2D eigenvalue weighted by molar-refractivity contribution is 8.14. The van der Waals surface area contributed by atoms with Crippen molar-refractivity contribution in [2.75, 3.05) is 5.75 Å². The summed E-state index contributed by atoms with van der Waals surface area (Å²) >= 11 is 0.866. The van der Waals surface area contributed by atoms with Gasteiger partial charge in [-0.2, -0.15) is 0 Å². The van der Waals surface area contributed by atoms with E-state index in [1.54, 1.807) is 0 Å². The van der Waals surface area contributed by atoms with E-state index in [1.807, 2.05) is 0 Å². The van der Waals surface area contributed by atoms with Crippen molar-refractivity contribution in [3.05, 3.63) is 0 Å². The lowest BCUT2D eigenvalue weighted by Gasteiger charge is -1.81. The van der Waals surface area contributed by atoms with Gasteiger partial charge in [-0.1, -0.05) is 0 Å². The fourth-order valence-electron chi connectivity index (χ4n) is 0.593. The third kappa shape index (κ3) is 0.744. The van der Waals surface area contributed by atoms with Crippen LogP contribution in [0, 0.1) is 5.41 Å². The molecule has 1 rings (SSSR count). The van der Waals surface area contributed by atoms with Gasteiger partial charge < -0.3 is 5.41 Å². The highest BCUT2D eigenvalue weighted by atomic mass is 32.2. The molecule has 1 heterocycles. The molecule has 1 aliphatic rings. The number of hydrogen-bond donors (Lipinski definition) is 1. The summed E-state index contributed by atoms with van der Waals surface area (Å²) in [5.74, 6) is 1.29. The van der Waals surface area contributed by atoms with Crippen molar-refractivity contribution in [3.8, 4) is 0 Å². The maximum absolute atomic E-state index is 7.06. The van der Waals surface area contributed by atoms with Gasteiger partial charge in [0.2, 0.25) is 0 Å². The molecule has 1 nitrogen and oxygen atoms in total. The molecule has 0 amide bonds. The van der Waals surface area contributed by atoms with Crippen LogP contribution in [0.3, 0.4) is 0 Å². The second-order valence-electron chi connectivity index (χ2n) is 1.51. The van der Waals surface area contributed by atoms with Gasteiger partial charge in [0.05, 0.1) is 0 Å². The molecule has 0 bridgehead atoms. The minimum atomic E-state index is 0.866. The van der Waals surface area contributed by atoms with E-state index in [9.17, 15) is 0 Å². The van der Waals surface area contributed by atoms with Crippen LogP contribution in [0.1, 0.15) is 12.8 Å². The van der Waals surface area contributed by atoms with E-state index in [0.717, 1.165) is 23.2 Å². The number of nitrogens with one attached hydrogen (secondary N) is 1. The fraction of sp³-hybridized carbons (Fsp3) is 0.750. The zero-order valence-electron chi connectivity index (χ0n) is 3.62. The van der Waals surface area contributed by atoms with Crippen molar-refractivity contribution in [3.63, 3.8) is 0 Å². The molecule has 6 heavy (non-hydrogen) atoms.